The van der Waals surface area contributed by atoms with Gasteiger partial charge in [-0.05, 0) is 63.5 Å². The van der Waals surface area contributed by atoms with Crippen LogP contribution in [0.2, 0.25) is 0 Å². The van der Waals surface area contributed by atoms with E-state index in [1.807, 2.05) is 18.2 Å². The average molecular weight is 471 g/mol. The van der Waals surface area contributed by atoms with Gasteiger partial charge < -0.3 is 10.1 Å². The highest BCUT2D eigenvalue weighted by molar-refractivity contribution is 5.71. The Bertz CT molecular complexity index is 659. The molecule has 0 aliphatic heterocycles. The molecule has 1 aromatic heterocycles. The van der Waals surface area contributed by atoms with E-state index in [9.17, 15) is 9.90 Å². The summed E-state index contributed by atoms with van der Waals surface area (Å²) >= 11 is 0. The standard InChI is InChI=1S/C30H50N2O2/c31-26-30(34)23-21-19-17-15-13-11-9-7-5-3-1-2-4-6-8-10-12-14-16-18-20-22-28-24-25-29(27-33)32-28/h10,12,24-25,27,30,32,34H,1-9,11,13-23H2/b12-10-. The molecular formula is C30H50N2O2. The summed E-state index contributed by atoms with van der Waals surface area (Å²) in [5, 5.41) is 17.7. The lowest BCUT2D eigenvalue weighted by molar-refractivity contribution is 0.111. The zero-order valence-electron chi connectivity index (χ0n) is 21.6. The second kappa shape index (κ2) is 22.9. The molecule has 0 saturated carbocycles. The normalized spacial score (nSPS) is 12.2. The summed E-state index contributed by atoms with van der Waals surface area (Å²) in [5.41, 5.74) is 1.85. The molecule has 4 heteroatoms. The van der Waals surface area contributed by atoms with Gasteiger partial charge in [-0.15, -0.1) is 0 Å². The minimum absolute atomic E-state index is 0.635. The third kappa shape index (κ3) is 18.6. The summed E-state index contributed by atoms with van der Waals surface area (Å²) in [6, 6.07) is 5.75. The van der Waals surface area contributed by atoms with Crippen LogP contribution in [0.1, 0.15) is 145 Å². The van der Waals surface area contributed by atoms with Gasteiger partial charge in [0.2, 0.25) is 0 Å². The van der Waals surface area contributed by atoms with Crippen molar-refractivity contribution in [3.05, 3.63) is 35.7 Å². The molecule has 0 fully saturated rings. The van der Waals surface area contributed by atoms with Gasteiger partial charge in [0.05, 0.1) is 11.8 Å². The number of aliphatic hydroxyl groups excluding tert-OH is 1. The van der Waals surface area contributed by atoms with Crippen molar-refractivity contribution in [2.75, 3.05) is 0 Å². The van der Waals surface area contributed by atoms with Gasteiger partial charge in [-0.3, -0.25) is 4.79 Å². The molecule has 1 heterocycles. The molecule has 0 aliphatic carbocycles. The van der Waals surface area contributed by atoms with E-state index in [-0.39, 0.29) is 0 Å². The highest BCUT2D eigenvalue weighted by Crippen LogP contribution is 2.14. The lowest BCUT2D eigenvalue weighted by Gasteiger charge is -2.04. The van der Waals surface area contributed by atoms with Crippen LogP contribution < -0.4 is 0 Å². The first kappa shape index (κ1) is 30.2. The Morgan fingerprint density at radius 1 is 0.735 bits per heavy atom. The number of aromatic nitrogens is 1. The van der Waals surface area contributed by atoms with E-state index in [0.29, 0.717) is 12.1 Å². The number of nitrogens with one attached hydrogen (secondary N) is 1. The molecule has 1 rings (SSSR count). The molecule has 0 radical (unpaired) electrons. The van der Waals surface area contributed by atoms with Crippen molar-refractivity contribution in [3.63, 3.8) is 0 Å². The number of hydrogen-bond acceptors (Lipinski definition) is 3. The largest absolute Gasteiger partial charge is 0.378 e. The highest BCUT2D eigenvalue weighted by atomic mass is 16.3. The lowest BCUT2D eigenvalue weighted by atomic mass is 10.0. The number of aliphatic hydroxyl groups is 1. The molecule has 0 bridgehead atoms. The second-order valence-electron chi connectivity index (χ2n) is 9.80. The van der Waals surface area contributed by atoms with E-state index < -0.39 is 6.10 Å². The van der Waals surface area contributed by atoms with Crippen molar-refractivity contribution < 1.29 is 9.90 Å². The van der Waals surface area contributed by atoms with Crippen LogP contribution in [0.3, 0.4) is 0 Å². The fourth-order valence-corrected chi connectivity index (χ4v) is 4.45. The minimum Gasteiger partial charge on any atom is -0.378 e. The van der Waals surface area contributed by atoms with Gasteiger partial charge in [-0.25, -0.2) is 0 Å². The molecule has 1 atom stereocenters. The number of unbranched alkanes of at least 4 members (excludes halogenated alkanes) is 17. The summed E-state index contributed by atoms with van der Waals surface area (Å²) < 4.78 is 0. The zero-order valence-corrected chi connectivity index (χ0v) is 21.6. The number of nitriles is 1. The number of aldehydes is 1. The molecule has 0 aliphatic rings. The Hall–Kier alpha value is -1.86. The maximum absolute atomic E-state index is 10.7. The SMILES string of the molecule is N#CC(O)CCCCCCCCCCCCCCCC/C=C\CCCCCc1ccc(C=O)[nH]1. The Kier molecular flexibility index (Phi) is 20.3. The molecule has 0 amide bonds. The van der Waals surface area contributed by atoms with Crippen molar-refractivity contribution in [3.8, 4) is 6.07 Å². The smallest absolute Gasteiger partial charge is 0.166 e. The first-order valence-electron chi connectivity index (χ1n) is 14.1. The summed E-state index contributed by atoms with van der Waals surface area (Å²) in [7, 11) is 0. The van der Waals surface area contributed by atoms with Crippen LogP contribution in [0.25, 0.3) is 0 Å². The molecule has 4 nitrogen and oxygen atoms in total. The van der Waals surface area contributed by atoms with Crippen molar-refractivity contribution in [2.24, 2.45) is 0 Å². The Labute approximate surface area is 209 Å². The fraction of sp³-hybridized carbons (Fsp3) is 0.733. The maximum atomic E-state index is 10.7. The van der Waals surface area contributed by atoms with Crippen molar-refractivity contribution in [1.29, 1.82) is 5.26 Å². The van der Waals surface area contributed by atoms with Crippen LogP contribution in [0.15, 0.2) is 24.3 Å². The molecule has 0 spiro atoms. The molecule has 1 aromatic rings. The maximum Gasteiger partial charge on any atom is 0.166 e. The van der Waals surface area contributed by atoms with Crippen LogP contribution >= 0.6 is 0 Å². The number of H-pyrrole nitrogens is 1. The second-order valence-corrected chi connectivity index (χ2v) is 9.80. The molecule has 0 saturated heterocycles. The van der Waals surface area contributed by atoms with Crippen LogP contribution in [0.5, 0.6) is 0 Å². The van der Waals surface area contributed by atoms with Crippen molar-refractivity contribution in [1.82, 2.24) is 4.98 Å². The minimum atomic E-state index is -0.759. The van der Waals surface area contributed by atoms with E-state index in [1.165, 1.54) is 115 Å². The van der Waals surface area contributed by atoms with Gasteiger partial charge in [0.15, 0.2) is 6.29 Å². The summed E-state index contributed by atoms with van der Waals surface area (Å²) in [6.07, 6.45) is 31.1. The van der Waals surface area contributed by atoms with Crippen molar-refractivity contribution >= 4 is 6.29 Å². The first-order valence-corrected chi connectivity index (χ1v) is 14.1. The Balaban J connectivity index is 1.72. The van der Waals surface area contributed by atoms with Crippen LogP contribution in [0, 0.1) is 11.3 Å². The van der Waals surface area contributed by atoms with Gasteiger partial charge in [0.25, 0.3) is 0 Å². The van der Waals surface area contributed by atoms with E-state index in [2.05, 4.69) is 17.1 Å². The van der Waals surface area contributed by atoms with Crippen molar-refractivity contribution in [2.45, 2.75) is 141 Å². The molecule has 34 heavy (non-hydrogen) atoms. The highest BCUT2D eigenvalue weighted by Gasteiger charge is 2.00. The fourth-order valence-electron chi connectivity index (χ4n) is 4.45. The molecule has 2 N–H and O–H groups in total. The van der Waals surface area contributed by atoms with Gasteiger partial charge in [0.1, 0.15) is 6.10 Å². The number of allylic oxidation sites excluding steroid dienone is 2. The first-order chi connectivity index (χ1) is 16.8. The summed E-state index contributed by atoms with van der Waals surface area (Å²) in [6.45, 7) is 0. The monoisotopic (exact) mass is 470 g/mol. The molecular weight excluding hydrogens is 420 g/mol. The number of rotatable bonds is 24. The van der Waals surface area contributed by atoms with E-state index in [1.54, 1.807) is 0 Å². The number of carbonyl (C=O) groups excluding carboxylic acids is 1. The molecule has 192 valence electrons. The number of nitrogens with zero attached hydrogens (tertiary/aromatic N) is 1. The topological polar surface area (TPSA) is 76.9 Å². The predicted octanol–water partition coefficient (Wildman–Crippen LogP) is 8.61. The molecule has 1 unspecified atom stereocenters. The van der Waals surface area contributed by atoms with Gasteiger partial charge in [0, 0.05) is 5.69 Å². The predicted molar refractivity (Wildman–Crippen MR) is 143 cm³/mol. The van der Waals surface area contributed by atoms with Gasteiger partial charge in [-0.2, -0.15) is 5.26 Å². The van der Waals surface area contributed by atoms with Gasteiger partial charge >= 0.3 is 0 Å². The third-order valence-electron chi connectivity index (χ3n) is 6.63. The van der Waals surface area contributed by atoms with Crippen LogP contribution in [-0.4, -0.2) is 22.5 Å². The van der Waals surface area contributed by atoms with Gasteiger partial charge in [-0.1, -0.05) is 95.6 Å². The zero-order chi connectivity index (χ0) is 24.5. The molecule has 0 aromatic carbocycles. The van der Waals surface area contributed by atoms with Crippen LogP contribution in [0.4, 0.5) is 0 Å². The number of hydrogen-bond donors (Lipinski definition) is 2. The number of carbonyl (C=O) groups is 1. The number of aryl methyl sites for hydroxylation is 1. The Morgan fingerprint density at radius 2 is 1.21 bits per heavy atom. The van der Waals surface area contributed by atoms with E-state index in [4.69, 9.17) is 5.26 Å². The van der Waals surface area contributed by atoms with E-state index in [0.717, 1.165) is 25.5 Å². The average Bonchev–Trinajstić information content (AvgIpc) is 3.32. The lowest BCUT2D eigenvalue weighted by Crippen LogP contribution is -2.01. The summed E-state index contributed by atoms with van der Waals surface area (Å²) in [4.78, 5) is 13.8. The Morgan fingerprint density at radius 3 is 1.68 bits per heavy atom. The third-order valence-corrected chi connectivity index (χ3v) is 6.63. The van der Waals surface area contributed by atoms with E-state index >= 15 is 0 Å². The quantitative estimate of drug-likeness (QED) is 0.0687. The van der Waals surface area contributed by atoms with Crippen LogP contribution in [-0.2, 0) is 6.42 Å². The summed E-state index contributed by atoms with van der Waals surface area (Å²) in [5.74, 6) is 0. The number of aromatic amines is 1.